The van der Waals surface area contributed by atoms with Crippen molar-refractivity contribution in [1.29, 1.82) is 0 Å². The molecule has 1 aromatic rings. The minimum absolute atomic E-state index is 0.0185. The van der Waals surface area contributed by atoms with Crippen LogP contribution in [0, 0.1) is 0 Å². The molecule has 1 amide bonds. The predicted octanol–water partition coefficient (Wildman–Crippen LogP) is 0.710. The minimum Gasteiger partial charge on any atom is -0.368 e. The van der Waals surface area contributed by atoms with Gasteiger partial charge in [0.1, 0.15) is 11.9 Å². The van der Waals surface area contributed by atoms with Crippen molar-refractivity contribution in [2.75, 3.05) is 25.4 Å². The molecule has 0 aliphatic carbocycles. The van der Waals surface area contributed by atoms with Gasteiger partial charge < -0.3 is 14.6 Å². The highest BCUT2D eigenvalue weighted by Gasteiger charge is 2.36. The van der Waals surface area contributed by atoms with Gasteiger partial charge in [0.25, 0.3) is 11.5 Å². The fourth-order valence-corrected chi connectivity index (χ4v) is 5.50. The lowest BCUT2D eigenvalue weighted by atomic mass is 9.99. The van der Waals surface area contributed by atoms with Gasteiger partial charge in [-0.3, -0.25) is 9.59 Å². The average Bonchev–Trinajstić information content (AvgIpc) is 3.27. The zero-order valence-corrected chi connectivity index (χ0v) is 17.5. The van der Waals surface area contributed by atoms with E-state index in [2.05, 4.69) is 9.97 Å². The molecule has 29 heavy (non-hydrogen) atoms. The Bertz CT molecular complexity index is 938. The summed E-state index contributed by atoms with van der Waals surface area (Å²) in [7, 11) is -3.35. The van der Waals surface area contributed by atoms with Gasteiger partial charge in [-0.25, -0.2) is 13.4 Å². The maximum Gasteiger partial charge on any atom is 0.254 e. The van der Waals surface area contributed by atoms with E-state index in [1.54, 1.807) is 11.8 Å². The maximum absolute atomic E-state index is 13.0. The van der Waals surface area contributed by atoms with Crippen molar-refractivity contribution >= 4 is 15.9 Å². The number of amides is 1. The van der Waals surface area contributed by atoms with Crippen LogP contribution in [0.1, 0.15) is 62.2 Å². The number of nitrogens with zero attached hydrogens (tertiary/aromatic N) is 3. The predicted molar refractivity (Wildman–Crippen MR) is 106 cm³/mol. The molecule has 0 radical (unpaired) electrons. The first kappa shape index (κ1) is 20.5. The lowest BCUT2D eigenvalue weighted by Crippen LogP contribution is -2.45. The number of carbonyl (C=O) groups excluding carboxylic acids is 1. The summed E-state index contributed by atoms with van der Waals surface area (Å²) in [5.41, 5.74) is 0.819. The smallest absolute Gasteiger partial charge is 0.254 e. The molecule has 3 aliphatic heterocycles. The lowest BCUT2D eigenvalue weighted by Gasteiger charge is -2.37. The molecule has 4 heterocycles. The Labute approximate surface area is 170 Å². The van der Waals surface area contributed by atoms with Gasteiger partial charge in [-0.05, 0) is 45.4 Å². The second kappa shape index (κ2) is 8.16. The molecule has 0 saturated carbocycles. The molecule has 2 atom stereocenters. The third kappa shape index (κ3) is 3.97. The molecule has 160 valence electrons. The van der Waals surface area contributed by atoms with E-state index < -0.39 is 16.1 Å². The summed E-state index contributed by atoms with van der Waals surface area (Å²) in [6.45, 7) is 3.22. The molecule has 4 rings (SSSR count). The number of hydrogen-bond acceptors (Lipinski definition) is 6. The number of hydrogen-bond donors (Lipinski definition) is 1. The van der Waals surface area contributed by atoms with Crippen molar-refractivity contribution in [3.8, 4) is 0 Å². The first-order valence-corrected chi connectivity index (χ1v) is 12.0. The summed E-state index contributed by atoms with van der Waals surface area (Å²) >= 11 is 0. The Morgan fingerprint density at radius 1 is 1.24 bits per heavy atom. The van der Waals surface area contributed by atoms with E-state index in [1.807, 2.05) is 0 Å². The molecule has 10 heteroatoms. The average molecular weight is 425 g/mol. The van der Waals surface area contributed by atoms with Gasteiger partial charge in [0.15, 0.2) is 0 Å². The topological polar surface area (TPSA) is 113 Å². The van der Waals surface area contributed by atoms with E-state index in [0.717, 1.165) is 32.1 Å². The molecule has 0 bridgehead atoms. The van der Waals surface area contributed by atoms with E-state index >= 15 is 0 Å². The molecule has 2 saturated heterocycles. The van der Waals surface area contributed by atoms with E-state index in [-0.39, 0.29) is 29.8 Å². The molecular formula is C19H28N4O5S. The highest BCUT2D eigenvalue weighted by atomic mass is 32.2. The van der Waals surface area contributed by atoms with E-state index in [1.165, 1.54) is 4.31 Å². The highest BCUT2D eigenvalue weighted by Crippen LogP contribution is 2.31. The Kier molecular flexibility index (Phi) is 5.76. The Balaban J connectivity index is 1.64. The number of aromatic nitrogens is 2. The summed E-state index contributed by atoms with van der Waals surface area (Å²) in [5.74, 6) is 0.434. The number of ether oxygens (including phenoxy) is 1. The summed E-state index contributed by atoms with van der Waals surface area (Å²) in [6.07, 6.45) is 4.11. The monoisotopic (exact) mass is 424 g/mol. The zero-order valence-electron chi connectivity index (χ0n) is 16.7. The number of aromatic amines is 1. The molecule has 0 spiro atoms. The fraction of sp³-hybridized carbons (Fsp3) is 0.737. The SMILES string of the molecule is CCS(=O)(=O)N1CCc2c(nc([C@H]3CCCCN3C(=O)[C@H]3CCCO3)[nH]c2=O)C1. The van der Waals surface area contributed by atoms with Gasteiger partial charge in [-0.2, -0.15) is 4.31 Å². The first-order chi connectivity index (χ1) is 13.9. The molecule has 9 nitrogen and oxygen atoms in total. The van der Waals surface area contributed by atoms with Crippen LogP contribution in [-0.2, 0) is 32.5 Å². The minimum atomic E-state index is -3.35. The van der Waals surface area contributed by atoms with Crippen LogP contribution in [-0.4, -0.2) is 65.1 Å². The third-order valence-corrected chi connectivity index (χ3v) is 7.95. The number of nitrogens with one attached hydrogen (secondary N) is 1. The van der Waals surface area contributed by atoms with Crippen LogP contribution < -0.4 is 5.56 Å². The van der Waals surface area contributed by atoms with Crippen LogP contribution in [0.5, 0.6) is 0 Å². The van der Waals surface area contributed by atoms with Gasteiger partial charge in [0, 0.05) is 25.3 Å². The molecule has 0 aromatic carbocycles. The van der Waals surface area contributed by atoms with Crippen LogP contribution in [0.2, 0.25) is 0 Å². The summed E-state index contributed by atoms with van der Waals surface area (Å²) < 4.78 is 31.5. The summed E-state index contributed by atoms with van der Waals surface area (Å²) in [4.78, 5) is 35.0. The Hall–Kier alpha value is -1.78. The molecule has 2 fully saturated rings. The van der Waals surface area contributed by atoms with Gasteiger partial charge in [-0.15, -0.1) is 0 Å². The standard InChI is InChI=1S/C19H28N4O5S/c1-2-29(26,27)22-10-8-13-14(12-22)20-17(21-18(13)24)15-6-3-4-9-23(15)19(25)16-7-5-11-28-16/h15-16H,2-12H2,1H3,(H,20,21,24)/t15-,16-/m1/s1. The highest BCUT2D eigenvalue weighted by molar-refractivity contribution is 7.89. The number of sulfonamides is 1. The first-order valence-electron chi connectivity index (χ1n) is 10.4. The fourth-order valence-electron chi connectivity index (χ4n) is 4.45. The quantitative estimate of drug-likeness (QED) is 0.762. The molecule has 3 aliphatic rings. The van der Waals surface area contributed by atoms with Crippen molar-refractivity contribution < 1.29 is 17.9 Å². The van der Waals surface area contributed by atoms with Crippen molar-refractivity contribution in [1.82, 2.24) is 19.2 Å². The molecule has 1 aromatic heterocycles. The second-order valence-corrected chi connectivity index (χ2v) is 10.2. The maximum atomic E-state index is 13.0. The second-order valence-electron chi connectivity index (χ2n) is 7.91. The van der Waals surface area contributed by atoms with Crippen molar-refractivity contribution in [2.45, 2.75) is 64.1 Å². The summed E-state index contributed by atoms with van der Waals surface area (Å²) in [5, 5.41) is 0. The van der Waals surface area contributed by atoms with Crippen LogP contribution >= 0.6 is 0 Å². The van der Waals surface area contributed by atoms with E-state index in [0.29, 0.717) is 43.2 Å². The lowest BCUT2D eigenvalue weighted by molar-refractivity contribution is -0.145. The van der Waals surface area contributed by atoms with Gasteiger partial charge in [0.2, 0.25) is 10.0 Å². The Morgan fingerprint density at radius 2 is 2.07 bits per heavy atom. The van der Waals surface area contributed by atoms with E-state index in [4.69, 9.17) is 4.74 Å². The number of likely N-dealkylation sites (tertiary alicyclic amines) is 1. The normalized spacial score (nSPS) is 25.8. The van der Waals surface area contributed by atoms with Crippen molar-refractivity contribution in [3.63, 3.8) is 0 Å². The number of H-pyrrole nitrogens is 1. The van der Waals surface area contributed by atoms with Crippen LogP contribution in [0.25, 0.3) is 0 Å². The van der Waals surface area contributed by atoms with Crippen LogP contribution in [0.4, 0.5) is 0 Å². The third-order valence-electron chi connectivity index (χ3n) is 6.12. The molecular weight excluding hydrogens is 396 g/mol. The summed E-state index contributed by atoms with van der Waals surface area (Å²) in [6, 6.07) is -0.309. The number of rotatable bonds is 4. The number of piperidine rings is 1. The van der Waals surface area contributed by atoms with Gasteiger partial charge in [0.05, 0.1) is 24.0 Å². The number of carbonyl (C=O) groups is 1. The molecule has 1 N–H and O–H groups in total. The van der Waals surface area contributed by atoms with Crippen LogP contribution in [0.15, 0.2) is 4.79 Å². The van der Waals surface area contributed by atoms with E-state index in [9.17, 15) is 18.0 Å². The van der Waals surface area contributed by atoms with Crippen molar-refractivity contribution in [2.24, 2.45) is 0 Å². The largest absolute Gasteiger partial charge is 0.368 e. The molecule has 0 unspecified atom stereocenters. The Morgan fingerprint density at radius 3 is 2.79 bits per heavy atom. The van der Waals surface area contributed by atoms with Crippen molar-refractivity contribution in [3.05, 3.63) is 27.4 Å². The van der Waals surface area contributed by atoms with Crippen LogP contribution in [0.3, 0.4) is 0 Å². The number of fused-ring (bicyclic) bond motifs is 1. The van der Waals surface area contributed by atoms with Gasteiger partial charge >= 0.3 is 0 Å². The van der Waals surface area contributed by atoms with Gasteiger partial charge in [-0.1, -0.05) is 0 Å². The zero-order chi connectivity index (χ0) is 20.6.